The average Bonchev–Trinajstić information content (AvgIpc) is 2.46. The normalized spacial score (nSPS) is 15.2. The summed E-state index contributed by atoms with van der Waals surface area (Å²) < 4.78 is 0. The molecule has 19 heavy (non-hydrogen) atoms. The average molecular weight is 258 g/mol. The molecule has 2 amide bonds. The Bertz CT molecular complexity index is 488. The van der Waals surface area contributed by atoms with Crippen molar-refractivity contribution in [2.45, 2.75) is 6.92 Å². The van der Waals surface area contributed by atoms with E-state index in [2.05, 4.69) is 6.58 Å². The molecule has 1 aromatic rings. The molecule has 1 aliphatic heterocycles. The van der Waals surface area contributed by atoms with E-state index in [0.717, 1.165) is 0 Å². The first-order chi connectivity index (χ1) is 9.09. The lowest BCUT2D eigenvalue weighted by atomic mass is 10.1. The Morgan fingerprint density at radius 2 is 1.53 bits per heavy atom. The van der Waals surface area contributed by atoms with Crippen molar-refractivity contribution in [2.75, 3.05) is 26.2 Å². The molecule has 0 unspecified atom stereocenters. The summed E-state index contributed by atoms with van der Waals surface area (Å²) in [5.74, 6) is 0.00911. The Labute approximate surface area is 113 Å². The summed E-state index contributed by atoms with van der Waals surface area (Å²) in [7, 11) is 0. The third kappa shape index (κ3) is 3.02. The van der Waals surface area contributed by atoms with E-state index in [9.17, 15) is 9.59 Å². The van der Waals surface area contributed by atoms with Crippen LogP contribution in [0.2, 0.25) is 0 Å². The molecule has 0 spiro atoms. The van der Waals surface area contributed by atoms with Gasteiger partial charge in [-0.1, -0.05) is 24.8 Å². The summed E-state index contributed by atoms with van der Waals surface area (Å²) in [6.45, 7) is 7.67. The topological polar surface area (TPSA) is 40.6 Å². The Kier molecular flexibility index (Phi) is 4.00. The molecule has 0 N–H and O–H groups in total. The molecule has 0 aliphatic carbocycles. The number of amides is 2. The third-order valence-electron chi connectivity index (χ3n) is 3.24. The number of carbonyl (C=O) groups is 2. The molecule has 1 heterocycles. The Morgan fingerprint density at radius 1 is 1.00 bits per heavy atom. The number of benzene rings is 1. The maximum atomic E-state index is 12.2. The molecule has 1 saturated heterocycles. The van der Waals surface area contributed by atoms with Gasteiger partial charge in [0.05, 0.1) is 0 Å². The zero-order chi connectivity index (χ0) is 13.8. The smallest absolute Gasteiger partial charge is 0.253 e. The largest absolute Gasteiger partial charge is 0.335 e. The second kappa shape index (κ2) is 5.69. The van der Waals surface area contributed by atoms with Gasteiger partial charge < -0.3 is 9.80 Å². The van der Waals surface area contributed by atoms with E-state index in [1.54, 1.807) is 16.7 Å². The summed E-state index contributed by atoms with van der Waals surface area (Å²) in [5, 5.41) is 0. The van der Waals surface area contributed by atoms with Crippen LogP contribution in [-0.4, -0.2) is 47.8 Å². The molecule has 1 fully saturated rings. The number of hydrogen-bond acceptors (Lipinski definition) is 2. The fourth-order valence-corrected chi connectivity index (χ4v) is 2.15. The molecule has 0 radical (unpaired) electrons. The van der Waals surface area contributed by atoms with Gasteiger partial charge in [0.2, 0.25) is 5.91 Å². The van der Waals surface area contributed by atoms with Crippen molar-refractivity contribution in [2.24, 2.45) is 0 Å². The van der Waals surface area contributed by atoms with Crippen molar-refractivity contribution in [1.29, 1.82) is 0 Å². The minimum Gasteiger partial charge on any atom is -0.335 e. The summed E-state index contributed by atoms with van der Waals surface area (Å²) in [5.41, 5.74) is 1.24. The zero-order valence-corrected chi connectivity index (χ0v) is 11.1. The predicted molar refractivity (Wildman–Crippen MR) is 73.7 cm³/mol. The van der Waals surface area contributed by atoms with Crippen LogP contribution in [0, 0.1) is 0 Å². The van der Waals surface area contributed by atoms with Crippen molar-refractivity contribution >= 4 is 11.8 Å². The number of rotatable bonds is 2. The number of hydrogen-bond donors (Lipinski definition) is 0. The molecular formula is C15H18N2O2. The van der Waals surface area contributed by atoms with Crippen LogP contribution in [0.3, 0.4) is 0 Å². The van der Waals surface area contributed by atoms with E-state index < -0.39 is 0 Å². The minimum atomic E-state index is -0.0215. The van der Waals surface area contributed by atoms with Crippen molar-refractivity contribution in [3.05, 3.63) is 48.0 Å². The van der Waals surface area contributed by atoms with Crippen molar-refractivity contribution < 1.29 is 9.59 Å². The number of carbonyl (C=O) groups excluding carboxylic acids is 2. The van der Waals surface area contributed by atoms with Crippen LogP contribution in [0.25, 0.3) is 0 Å². The highest BCUT2D eigenvalue weighted by atomic mass is 16.2. The first-order valence-electron chi connectivity index (χ1n) is 6.38. The number of piperazine rings is 1. The first kappa shape index (κ1) is 13.3. The summed E-state index contributed by atoms with van der Waals surface area (Å²) >= 11 is 0. The van der Waals surface area contributed by atoms with Gasteiger partial charge in [0.1, 0.15) is 0 Å². The van der Waals surface area contributed by atoms with E-state index in [1.807, 2.05) is 30.3 Å². The van der Waals surface area contributed by atoms with Gasteiger partial charge in [-0.3, -0.25) is 9.59 Å². The summed E-state index contributed by atoms with van der Waals surface area (Å²) in [6.07, 6.45) is 0. The molecular weight excluding hydrogens is 240 g/mol. The Hall–Kier alpha value is -2.10. The minimum absolute atomic E-state index is 0.0215. The highest BCUT2D eigenvalue weighted by Gasteiger charge is 2.24. The summed E-state index contributed by atoms with van der Waals surface area (Å²) in [4.78, 5) is 27.5. The molecule has 100 valence electrons. The van der Waals surface area contributed by atoms with Gasteiger partial charge in [0, 0.05) is 37.3 Å². The Morgan fingerprint density at radius 3 is 2.05 bits per heavy atom. The van der Waals surface area contributed by atoms with E-state index in [1.165, 1.54) is 0 Å². The van der Waals surface area contributed by atoms with Gasteiger partial charge in [0.25, 0.3) is 5.91 Å². The van der Waals surface area contributed by atoms with Crippen molar-refractivity contribution in [1.82, 2.24) is 9.80 Å². The van der Waals surface area contributed by atoms with E-state index in [-0.39, 0.29) is 11.8 Å². The second-order valence-corrected chi connectivity index (χ2v) is 4.73. The monoisotopic (exact) mass is 258 g/mol. The van der Waals surface area contributed by atoms with Gasteiger partial charge in [-0.05, 0) is 19.1 Å². The molecule has 1 aromatic carbocycles. The van der Waals surface area contributed by atoms with Gasteiger partial charge >= 0.3 is 0 Å². The SMILES string of the molecule is C=C(C)C(=O)N1CCN(C(=O)c2ccccc2)CC1. The Balaban J connectivity index is 1.95. The molecule has 0 bridgehead atoms. The van der Waals surface area contributed by atoms with Gasteiger partial charge in [-0.2, -0.15) is 0 Å². The maximum Gasteiger partial charge on any atom is 0.253 e. The molecule has 0 aromatic heterocycles. The molecule has 2 rings (SSSR count). The fraction of sp³-hybridized carbons (Fsp3) is 0.333. The lowest BCUT2D eigenvalue weighted by Crippen LogP contribution is -2.50. The maximum absolute atomic E-state index is 12.2. The highest BCUT2D eigenvalue weighted by molar-refractivity contribution is 5.95. The van der Waals surface area contributed by atoms with Gasteiger partial charge in [-0.15, -0.1) is 0 Å². The van der Waals surface area contributed by atoms with E-state index in [4.69, 9.17) is 0 Å². The lowest BCUT2D eigenvalue weighted by molar-refractivity contribution is -0.128. The third-order valence-corrected chi connectivity index (χ3v) is 3.24. The van der Waals surface area contributed by atoms with Gasteiger partial charge in [0.15, 0.2) is 0 Å². The van der Waals surface area contributed by atoms with Crippen LogP contribution in [-0.2, 0) is 4.79 Å². The first-order valence-corrected chi connectivity index (χ1v) is 6.38. The molecule has 4 nitrogen and oxygen atoms in total. The van der Waals surface area contributed by atoms with Gasteiger partial charge in [-0.25, -0.2) is 0 Å². The van der Waals surface area contributed by atoms with Crippen molar-refractivity contribution in [3.63, 3.8) is 0 Å². The van der Waals surface area contributed by atoms with E-state index >= 15 is 0 Å². The fourth-order valence-electron chi connectivity index (χ4n) is 2.15. The van der Waals surface area contributed by atoms with Crippen LogP contribution in [0.4, 0.5) is 0 Å². The zero-order valence-electron chi connectivity index (χ0n) is 11.1. The quantitative estimate of drug-likeness (QED) is 0.755. The van der Waals surface area contributed by atoms with Crippen molar-refractivity contribution in [3.8, 4) is 0 Å². The molecule has 0 atom stereocenters. The standard InChI is InChI=1S/C15H18N2O2/c1-12(2)14(18)16-8-10-17(11-9-16)15(19)13-6-4-3-5-7-13/h3-7H,1,8-11H2,2H3. The highest BCUT2D eigenvalue weighted by Crippen LogP contribution is 2.10. The second-order valence-electron chi connectivity index (χ2n) is 4.73. The predicted octanol–water partition coefficient (Wildman–Crippen LogP) is 1.55. The van der Waals surface area contributed by atoms with Crippen LogP contribution < -0.4 is 0 Å². The molecule has 1 aliphatic rings. The molecule has 4 heteroatoms. The van der Waals surface area contributed by atoms with Crippen LogP contribution >= 0.6 is 0 Å². The van der Waals surface area contributed by atoms with Crippen LogP contribution in [0.5, 0.6) is 0 Å². The van der Waals surface area contributed by atoms with E-state index in [0.29, 0.717) is 37.3 Å². The lowest BCUT2D eigenvalue weighted by Gasteiger charge is -2.34. The molecule has 0 saturated carbocycles. The van der Waals surface area contributed by atoms with Crippen LogP contribution in [0.15, 0.2) is 42.5 Å². The summed E-state index contributed by atoms with van der Waals surface area (Å²) in [6, 6.07) is 9.23. The number of nitrogens with zero attached hydrogens (tertiary/aromatic N) is 2. The van der Waals surface area contributed by atoms with Crippen LogP contribution in [0.1, 0.15) is 17.3 Å².